The predicted molar refractivity (Wildman–Crippen MR) is 71.4 cm³/mol. The monoisotopic (exact) mass is 266 g/mol. The fraction of sp³-hybridized carbons (Fsp3) is 0.500. The first-order valence-corrected chi connectivity index (χ1v) is 6.34. The SMILES string of the molecule is CC1(C)CNC(CO)C(=O)N(c2cccc(F)c2)C1. The number of halogens is 1. The highest BCUT2D eigenvalue weighted by molar-refractivity contribution is 5.97. The Bertz CT molecular complexity index is 476. The first-order valence-electron chi connectivity index (χ1n) is 6.34. The maximum absolute atomic E-state index is 13.3. The van der Waals surface area contributed by atoms with Crippen molar-refractivity contribution < 1.29 is 14.3 Å². The number of hydrogen-bond donors (Lipinski definition) is 2. The highest BCUT2D eigenvalue weighted by atomic mass is 19.1. The minimum absolute atomic E-state index is 0.147. The highest BCUT2D eigenvalue weighted by Crippen LogP contribution is 2.25. The van der Waals surface area contributed by atoms with E-state index >= 15 is 0 Å². The van der Waals surface area contributed by atoms with Crippen LogP contribution in [0.3, 0.4) is 0 Å². The Hall–Kier alpha value is -1.46. The number of carbonyl (C=O) groups is 1. The Kier molecular flexibility index (Phi) is 3.87. The molecule has 1 saturated heterocycles. The zero-order chi connectivity index (χ0) is 14.0. The normalized spacial score (nSPS) is 23.3. The van der Waals surface area contributed by atoms with Crippen molar-refractivity contribution in [3.8, 4) is 0 Å². The van der Waals surface area contributed by atoms with Crippen LogP contribution in [0.4, 0.5) is 10.1 Å². The van der Waals surface area contributed by atoms with Gasteiger partial charge in [-0.15, -0.1) is 0 Å². The van der Waals surface area contributed by atoms with E-state index in [1.165, 1.54) is 12.1 Å². The van der Waals surface area contributed by atoms with Gasteiger partial charge in [0.1, 0.15) is 11.9 Å². The Balaban J connectivity index is 2.36. The van der Waals surface area contributed by atoms with E-state index in [-0.39, 0.29) is 23.7 Å². The van der Waals surface area contributed by atoms with Gasteiger partial charge in [0.25, 0.3) is 0 Å². The van der Waals surface area contributed by atoms with Crippen LogP contribution < -0.4 is 10.2 Å². The summed E-state index contributed by atoms with van der Waals surface area (Å²) in [6.45, 7) is 4.90. The standard InChI is InChI=1S/C14H19FN2O2/c1-14(2)8-16-12(7-18)13(19)17(9-14)11-5-3-4-10(15)6-11/h3-6,12,16,18H,7-9H2,1-2H3. The van der Waals surface area contributed by atoms with E-state index < -0.39 is 6.04 Å². The van der Waals surface area contributed by atoms with Crippen molar-refractivity contribution in [1.29, 1.82) is 0 Å². The van der Waals surface area contributed by atoms with Crippen molar-refractivity contribution in [2.75, 3.05) is 24.6 Å². The summed E-state index contributed by atoms with van der Waals surface area (Å²) in [7, 11) is 0. The highest BCUT2D eigenvalue weighted by Gasteiger charge is 2.34. The van der Waals surface area contributed by atoms with E-state index in [1.54, 1.807) is 17.0 Å². The lowest BCUT2D eigenvalue weighted by Crippen LogP contribution is -2.46. The van der Waals surface area contributed by atoms with Gasteiger partial charge in [0, 0.05) is 18.8 Å². The molecule has 1 aromatic rings. The molecule has 4 nitrogen and oxygen atoms in total. The van der Waals surface area contributed by atoms with E-state index in [4.69, 9.17) is 0 Å². The molecule has 2 rings (SSSR count). The predicted octanol–water partition coefficient (Wildman–Crippen LogP) is 1.15. The molecular formula is C14H19FN2O2. The molecule has 1 aliphatic heterocycles. The molecule has 0 bridgehead atoms. The third-order valence-electron chi connectivity index (χ3n) is 3.28. The molecule has 1 fully saturated rings. The van der Waals surface area contributed by atoms with Gasteiger partial charge in [-0.3, -0.25) is 4.79 Å². The second kappa shape index (κ2) is 5.27. The van der Waals surface area contributed by atoms with Crippen LogP contribution >= 0.6 is 0 Å². The van der Waals surface area contributed by atoms with Crippen molar-refractivity contribution in [3.05, 3.63) is 30.1 Å². The average Bonchev–Trinajstić information content (AvgIpc) is 2.47. The molecule has 0 aromatic heterocycles. The number of benzene rings is 1. The lowest BCUT2D eigenvalue weighted by atomic mass is 9.93. The zero-order valence-corrected chi connectivity index (χ0v) is 11.2. The smallest absolute Gasteiger partial charge is 0.246 e. The molecular weight excluding hydrogens is 247 g/mol. The van der Waals surface area contributed by atoms with Crippen LogP contribution in [-0.2, 0) is 4.79 Å². The van der Waals surface area contributed by atoms with Crippen molar-refractivity contribution >= 4 is 11.6 Å². The Morgan fingerprint density at radius 3 is 2.89 bits per heavy atom. The van der Waals surface area contributed by atoms with Gasteiger partial charge in [0.15, 0.2) is 0 Å². The van der Waals surface area contributed by atoms with E-state index in [9.17, 15) is 14.3 Å². The van der Waals surface area contributed by atoms with Crippen LogP contribution in [0.1, 0.15) is 13.8 Å². The number of nitrogens with zero attached hydrogens (tertiary/aromatic N) is 1. The van der Waals surface area contributed by atoms with E-state index in [1.807, 2.05) is 13.8 Å². The van der Waals surface area contributed by atoms with Gasteiger partial charge in [-0.05, 0) is 23.6 Å². The number of nitrogens with one attached hydrogen (secondary N) is 1. The Morgan fingerprint density at radius 2 is 2.26 bits per heavy atom. The van der Waals surface area contributed by atoms with Crippen LogP contribution in [0.15, 0.2) is 24.3 Å². The molecule has 2 N–H and O–H groups in total. The molecule has 1 heterocycles. The van der Waals surface area contributed by atoms with E-state index in [2.05, 4.69) is 5.32 Å². The molecule has 1 aromatic carbocycles. The van der Waals surface area contributed by atoms with Gasteiger partial charge in [0.05, 0.1) is 6.61 Å². The summed E-state index contributed by atoms with van der Waals surface area (Å²) in [5, 5.41) is 12.3. The third-order valence-corrected chi connectivity index (χ3v) is 3.28. The first-order chi connectivity index (χ1) is 8.93. The second-order valence-corrected chi connectivity index (χ2v) is 5.68. The number of amides is 1. The molecule has 1 aliphatic rings. The summed E-state index contributed by atoms with van der Waals surface area (Å²) in [5.74, 6) is -0.598. The summed E-state index contributed by atoms with van der Waals surface area (Å²) in [4.78, 5) is 13.9. The Labute approximate surface area is 112 Å². The van der Waals surface area contributed by atoms with E-state index in [0.29, 0.717) is 18.8 Å². The molecule has 104 valence electrons. The van der Waals surface area contributed by atoms with Crippen LogP contribution in [0.2, 0.25) is 0 Å². The van der Waals surface area contributed by atoms with Gasteiger partial charge >= 0.3 is 0 Å². The maximum Gasteiger partial charge on any atom is 0.246 e. The lowest BCUT2D eigenvalue weighted by Gasteiger charge is -2.29. The number of aliphatic hydroxyl groups excluding tert-OH is 1. The molecule has 0 radical (unpaired) electrons. The minimum atomic E-state index is -0.634. The summed E-state index contributed by atoms with van der Waals surface area (Å²) in [5.41, 5.74) is 0.381. The molecule has 1 unspecified atom stereocenters. The third kappa shape index (κ3) is 3.11. The fourth-order valence-electron chi connectivity index (χ4n) is 2.24. The van der Waals surface area contributed by atoms with Crippen LogP contribution in [0, 0.1) is 11.2 Å². The van der Waals surface area contributed by atoms with Crippen LogP contribution in [-0.4, -0.2) is 36.8 Å². The molecule has 1 amide bonds. The first kappa shape index (κ1) is 14.0. The summed E-state index contributed by atoms with van der Waals surface area (Å²) >= 11 is 0. The fourth-order valence-corrected chi connectivity index (χ4v) is 2.24. The van der Waals surface area contributed by atoms with Gasteiger partial charge in [0.2, 0.25) is 5.91 Å². The summed E-state index contributed by atoms with van der Waals surface area (Å²) in [6, 6.07) is 5.34. The number of rotatable bonds is 2. The molecule has 0 aliphatic carbocycles. The van der Waals surface area contributed by atoms with Crippen molar-refractivity contribution in [1.82, 2.24) is 5.32 Å². The molecule has 0 spiro atoms. The van der Waals surface area contributed by atoms with Crippen molar-refractivity contribution in [2.45, 2.75) is 19.9 Å². The topological polar surface area (TPSA) is 52.6 Å². The number of hydrogen-bond acceptors (Lipinski definition) is 3. The van der Waals surface area contributed by atoms with Crippen molar-refractivity contribution in [3.63, 3.8) is 0 Å². The van der Waals surface area contributed by atoms with Gasteiger partial charge in [-0.2, -0.15) is 0 Å². The Morgan fingerprint density at radius 1 is 1.53 bits per heavy atom. The molecule has 5 heteroatoms. The maximum atomic E-state index is 13.3. The molecule has 0 saturated carbocycles. The van der Waals surface area contributed by atoms with Gasteiger partial charge in [-0.1, -0.05) is 19.9 Å². The summed E-state index contributed by atoms with van der Waals surface area (Å²) < 4.78 is 13.3. The number of anilines is 1. The van der Waals surface area contributed by atoms with Crippen LogP contribution in [0.25, 0.3) is 0 Å². The average molecular weight is 266 g/mol. The number of carbonyl (C=O) groups excluding carboxylic acids is 1. The lowest BCUT2D eigenvalue weighted by molar-refractivity contribution is -0.121. The largest absolute Gasteiger partial charge is 0.394 e. The minimum Gasteiger partial charge on any atom is -0.394 e. The van der Waals surface area contributed by atoms with Gasteiger partial charge in [-0.25, -0.2) is 4.39 Å². The molecule has 19 heavy (non-hydrogen) atoms. The van der Waals surface area contributed by atoms with Crippen molar-refractivity contribution in [2.24, 2.45) is 5.41 Å². The zero-order valence-electron chi connectivity index (χ0n) is 11.2. The van der Waals surface area contributed by atoms with Gasteiger partial charge < -0.3 is 15.3 Å². The second-order valence-electron chi connectivity index (χ2n) is 5.68. The van der Waals surface area contributed by atoms with E-state index in [0.717, 1.165) is 0 Å². The summed E-state index contributed by atoms with van der Waals surface area (Å²) in [6.07, 6.45) is 0. The van der Waals surface area contributed by atoms with Crippen LogP contribution in [0.5, 0.6) is 0 Å². The quantitative estimate of drug-likeness (QED) is 0.844. The molecule has 1 atom stereocenters. The number of aliphatic hydroxyl groups is 1.